The zero-order valence-corrected chi connectivity index (χ0v) is 11.9. The number of hydrogen-bond donors (Lipinski definition) is 1. The summed E-state index contributed by atoms with van der Waals surface area (Å²) in [4.78, 5) is 25.4. The predicted octanol–water partition coefficient (Wildman–Crippen LogP) is 1.68. The SMILES string of the molecule is CCCN(CC(=O)OC)C(=O)c1ccc2c(c1)NCC2. The molecule has 0 aromatic heterocycles. The quantitative estimate of drug-likeness (QED) is 0.831. The molecule has 0 bridgehead atoms. The van der Waals surface area contributed by atoms with Crippen molar-refractivity contribution >= 4 is 17.6 Å². The predicted molar refractivity (Wildman–Crippen MR) is 76.8 cm³/mol. The lowest BCUT2D eigenvalue weighted by molar-refractivity contribution is -0.141. The van der Waals surface area contributed by atoms with Crippen molar-refractivity contribution in [2.45, 2.75) is 19.8 Å². The number of amides is 1. The maximum Gasteiger partial charge on any atom is 0.325 e. The molecule has 0 saturated heterocycles. The Morgan fingerprint density at radius 2 is 2.20 bits per heavy atom. The number of esters is 1. The lowest BCUT2D eigenvalue weighted by Crippen LogP contribution is -2.36. The molecule has 1 N–H and O–H groups in total. The van der Waals surface area contributed by atoms with Crippen molar-refractivity contribution in [1.82, 2.24) is 4.90 Å². The molecule has 1 aromatic carbocycles. The topological polar surface area (TPSA) is 58.6 Å². The fourth-order valence-electron chi connectivity index (χ4n) is 2.35. The van der Waals surface area contributed by atoms with Gasteiger partial charge in [-0.05, 0) is 30.5 Å². The van der Waals surface area contributed by atoms with Gasteiger partial charge in [-0.2, -0.15) is 0 Å². The van der Waals surface area contributed by atoms with Gasteiger partial charge in [0.15, 0.2) is 0 Å². The fraction of sp³-hybridized carbons (Fsp3) is 0.467. The molecule has 108 valence electrons. The van der Waals surface area contributed by atoms with Crippen LogP contribution in [0, 0.1) is 0 Å². The van der Waals surface area contributed by atoms with E-state index < -0.39 is 5.97 Å². The second-order valence-corrected chi connectivity index (χ2v) is 4.85. The summed E-state index contributed by atoms with van der Waals surface area (Å²) in [6.07, 6.45) is 1.79. The Bertz CT molecular complexity index is 514. The molecule has 2 rings (SSSR count). The van der Waals surface area contributed by atoms with E-state index in [1.165, 1.54) is 17.6 Å². The van der Waals surface area contributed by atoms with E-state index in [1.807, 2.05) is 25.1 Å². The van der Waals surface area contributed by atoms with Gasteiger partial charge in [0, 0.05) is 24.3 Å². The van der Waals surface area contributed by atoms with E-state index >= 15 is 0 Å². The highest BCUT2D eigenvalue weighted by Gasteiger charge is 2.20. The smallest absolute Gasteiger partial charge is 0.325 e. The van der Waals surface area contributed by atoms with Crippen molar-refractivity contribution in [3.63, 3.8) is 0 Å². The van der Waals surface area contributed by atoms with Crippen LogP contribution in [0.3, 0.4) is 0 Å². The van der Waals surface area contributed by atoms with Crippen LogP contribution in [-0.4, -0.2) is 43.5 Å². The Labute approximate surface area is 118 Å². The minimum atomic E-state index is -0.397. The molecule has 0 fully saturated rings. The molecule has 1 aliphatic heterocycles. The van der Waals surface area contributed by atoms with Gasteiger partial charge in [0.1, 0.15) is 6.54 Å². The number of carbonyl (C=O) groups is 2. The van der Waals surface area contributed by atoms with E-state index in [2.05, 4.69) is 10.1 Å². The van der Waals surface area contributed by atoms with E-state index in [0.29, 0.717) is 12.1 Å². The molecule has 0 radical (unpaired) electrons. The molecule has 0 aliphatic carbocycles. The Morgan fingerprint density at radius 1 is 1.40 bits per heavy atom. The number of carbonyl (C=O) groups excluding carboxylic acids is 2. The Hall–Kier alpha value is -2.04. The minimum Gasteiger partial charge on any atom is -0.468 e. The van der Waals surface area contributed by atoms with Crippen molar-refractivity contribution in [3.8, 4) is 0 Å². The van der Waals surface area contributed by atoms with Gasteiger partial charge in [0.2, 0.25) is 0 Å². The number of nitrogens with zero attached hydrogens (tertiary/aromatic N) is 1. The van der Waals surface area contributed by atoms with Gasteiger partial charge < -0.3 is 15.0 Å². The van der Waals surface area contributed by atoms with Gasteiger partial charge in [0.25, 0.3) is 5.91 Å². The summed E-state index contributed by atoms with van der Waals surface area (Å²) in [5.74, 6) is -0.528. The average Bonchev–Trinajstić information content (AvgIpc) is 2.93. The highest BCUT2D eigenvalue weighted by molar-refractivity contribution is 5.97. The van der Waals surface area contributed by atoms with Crippen LogP contribution < -0.4 is 5.32 Å². The Morgan fingerprint density at radius 3 is 2.90 bits per heavy atom. The van der Waals surface area contributed by atoms with Gasteiger partial charge in [-0.1, -0.05) is 13.0 Å². The number of rotatable bonds is 5. The molecule has 5 nitrogen and oxygen atoms in total. The summed E-state index contributed by atoms with van der Waals surface area (Å²) in [6, 6.07) is 5.67. The average molecular weight is 276 g/mol. The number of nitrogens with one attached hydrogen (secondary N) is 1. The molecule has 0 unspecified atom stereocenters. The summed E-state index contributed by atoms with van der Waals surface area (Å²) >= 11 is 0. The van der Waals surface area contributed by atoms with Crippen molar-refractivity contribution in [1.29, 1.82) is 0 Å². The Balaban J connectivity index is 2.16. The largest absolute Gasteiger partial charge is 0.468 e. The highest BCUT2D eigenvalue weighted by Crippen LogP contribution is 2.23. The molecule has 0 atom stereocenters. The second kappa shape index (κ2) is 6.41. The van der Waals surface area contributed by atoms with Crippen molar-refractivity contribution in [2.75, 3.05) is 32.1 Å². The third kappa shape index (κ3) is 3.10. The maximum atomic E-state index is 12.5. The Kier molecular flexibility index (Phi) is 4.61. The third-order valence-electron chi connectivity index (χ3n) is 3.39. The summed E-state index contributed by atoms with van der Waals surface area (Å²) in [5, 5.41) is 3.26. The molecule has 20 heavy (non-hydrogen) atoms. The van der Waals surface area contributed by atoms with Crippen LogP contribution in [0.5, 0.6) is 0 Å². The first-order valence-electron chi connectivity index (χ1n) is 6.88. The van der Waals surface area contributed by atoms with E-state index in [9.17, 15) is 9.59 Å². The third-order valence-corrected chi connectivity index (χ3v) is 3.39. The summed E-state index contributed by atoms with van der Waals surface area (Å²) < 4.78 is 4.64. The van der Waals surface area contributed by atoms with E-state index in [1.54, 1.807) is 0 Å². The number of hydrogen-bond acceptors (Lipinski definition) is 4. The number of fused-ring (bicyclic) bond motifs is 1. The number of methoxy groups -OCH3 is 1. The zero-order chi connectivity index (χ0) is 14.5. The molecular formula is C15H20N2O3. The van der Waals surface area contributed by atoms with Crippen LogP contribution in [0.1, 0.15) is 29.3 Å². The highest BCUT2D eigenvalue weighted by atomic mass is 16.5. The molecule has 1 aromatic rings. The van der Waals surface area contributed by atoms with Crippen LogP contribution in [0.25, 0.3) is 0 Å². The van der Waals surface area contributed by atoms with Gasteiger partial charge in [0.05, 0.1) is 7.11 Å². The molecule has 5 heteroatoms. The molecule has 1 amide bonds. The molecule has 0 spiro atoms. The first-order valence-corrected chi connectivity index (χ1v) is 6.88. The molecule has 0 saturated carbocycles. The lowest BCUT2D eigenvalue weighted by atomic mass is 10.1. The maximum absolute atomic E-state index is 12.5. The zero-order valence-electron chi connectivity index (χ0n) is 11.9. The van der Waals surface area contributed by atoms with E-state index in [0.717, 1.165) is 25.1 Å². The first-order chi connectivity index (χ1) is 9.65. The summed E-state index contributed by atoms with van der Waals surface area (Å²) in [5.41, 5.74) is 2.86. The standard InChI is InChI=1S/C15H20N2O3/c1-3-8-17(10-14(18)20-2)15(19)12-5-4-11-6-7-16-13(11)9-12/h4-5,9,16H,3,6-8,10H2,1-2H3. The normalized spacial score (nSPS) is 12.5. The van der Waals surface area contributed by atoms with Gasteiger partial charge in [-0.25, -0.2) is 0 Å². The second-order valence-electron chi connectivity index (χ2n) is 4.85. The van der Waals surface area contributed by atoms with Crippen LogP contribution in [0.15, 0.2) is 18.2 Å². The lowest BCUT2D eigenvalue weighted by Gasteiger charge is -2.21. The van der Waals surface area contributed by atoms with Crippen molar-refractivity contribution in [2.24, 2.45) is 0 Å². The molecule has 1 aliphatic rings. The van der Waals surface area contributed by atoms with Gasteiger partial charge in [-0.15, -0.1) is 0 Å². The van der Waals surface area contributed by atoms with E-state index in [-0.39, 0.29) is 12.5 Å². The van der Waals surface area contributed by atoms with Crippen LogP contribution >= 0.6 is 0 Å². The van der Waals surface area contributed by atoms with Gasteiger partial charge in [-0.3, -0.25) is 9.59 Å². The minimum absolute atomic E-state index is 0.00626. The fourth-order valence-corrected chi connectivity index (χ4v) is 2.35. The summed E-state index contributed by atoms with van der Waals surface area (Å²) in [6.45, 7) is 3.42. The molecule has 1 heterocycles. The van der Waals surface area contributed by atoms with E-state index in [4.69, 9.17) is 0 Å². The summed E-state index contributed by atoms with van der Waals surface area (Å²) in [7, 11) is 1.33. The van der Waals surface area contributed by atoms with Crippen LogP contribution in [0.2, 0.25) is 0 Å². The van der Waals surface area contributed by atoms with Crippen LogP contribution in [0.4, 0.5) is 5.69 Å². The number of benzene rings is 1. The van der Waals surface area contributed by atoms with Crippen LogP contribution in [-0.2, 0) is 16.0 Å². The first kappa shape index (κ1) is 14.4. The van der Waals surface area contributed by atoms with Crippen molar-refractivity contribution in [3.05, 3.63) is 29.3 Å². The number of ether oxygens (including phenoxy) is 1. The van der Waals surface area contributed by atoms with Crippen molar-refractivity contribution < 1.29 is 14.3 Å². The number of anilines is 1. The monoisotopic (exact) mass is 276 g/mol. The van der Waals surface area contributed by atoms with Gasteiger partial charge >= 0.3 is 5.97 Å². The molecular weight excluding hydrogens is 256 g/mol.